The van der Waals surface area contributed by atoms with Crippen LogP contribution in [0.5, 0.6) is 0 Å². The zero-order valence-corrected chi connectivity index (χ0v) is 14.8. The number of nitrogen functional groups attached to an aromatic ring is 1. The van der Waals surface area contributed by atoms with Crippen molar-refractivity contribution >= 4 is 17.5 Å². The third-order valence-corrected chi connectivity index (χ3v) is 4.21. The zero-order valence-electron chi connectivity index (χ0n) is 14.8. The average molecular weight is 373 g/mol. The number of nitrogens with zero attached hydrogens (tertiary/aromatic N) is 4. The summed E-state index contributed by atoms with van der Waals surface area (Å²) in [7, 11) is 0. The standard InChI is InChI=1S/C19H18F3N5/c1-12-13(2)25-18(26-17(12)23)27(11-15-5-3-4-10-24-15)16-8-6-14(7-9-16)19(20,21)22/h3-10H,11H2,1-2H3,(H2,23,25,26). The molecule has 2 heterocycles. The third kappa shape index (κ3) is 4.16. The number of nitrogens with two attached hydrogens (primary N) is 1. The SMILES string of the molecule is Cc1nc(N(Cc2ccccn2)c2ccc(C(F)(F)F)cc2)nc(N)c1C. The summed E-state index contributed by atoms with van der Waals surface area (Å²) < 4.78 is 38.6. The molecule has 3 aromatic rings. The topological polar surface area (TPSA) is 67.9 Å². The van der Waals surface area contributed by atoms with Gasteiger partial charge in [-0.2, -0.15) is 18.2 Å². The smallest absolute Gasteiger partial charge is 0.383 e. The summed E-state index contributed by atoms with van der Waals surface area (Å²) in [6.45, 7) is 3.91. The molecule has 3 rings (SSSR count). The lowest BCUT2D eigenvalue weighted by Crippen LogP contribution is -2.21. The summed E-state index contributed by atoms with van der Waals surface area (Å²) in [6, 6.07) is 10.3. The van der Waals surface area contributed by atoms with Crippen LogP contribution in [0.3, 0.4) is 0 Å². The predicted molar refractivity (Wildman–Crippen MR) is 97.4 cm³/mol. The molecule has 0 aliphatic rings. The lowest BCUT2D eigenvalue weighted by molar-refractivity contribution is -0.137. The molecule has 0 amide bonds. The molecule has 0 fully saturated rings. The fraction of sp³-hybridized carbons (Fsp3) is 0.211. The van der Waals surface area contributed by atoms with E-state index < -0.39 is 11.7 Å². The largest absolute Gasteiger partial charge is 0.416 e. The van der Waals surface area contributed by atoms with Crippen LogP contribution >= 0.6 is 0 Å². The fourth-order valence-electron chi connectivity index (χ4n) is 2.52. The van der Waals surface area contributed by atoms with Crippen molar-refractivity contribution in [3.63, 3.8) is 0 Å². The Kier molecular flexibility index (Phi) is 4.98. The van der Waals surface area contributed by atoms with Crippen LogP contribution in [0.4, 0.5) is 30.6 Å². The van der Waals surface area contributed by atoms with Gasteiger partial charge in [-0.15, -0.1) is 0 Å². The Labute approximate surface area is 154 Å². The first-order valence-corrected chi connectivity index (χ1v) is 8.21. The van der Waals surface area contributed by atoms with E-state index in [9.17, 15) is 13.2 Å². The molecule has 0 aliphatic heterocycles. The minimum Gasteiger partial charge on any atom is -0.383 e. The summed E-state index contributed by atoms with van der Waals surface area (Å²) in [6.07, 6.45) is -2.75. The van der Waals surface area contributed by atoms with Crippen molar-refractivity contribution in [2.24, 2.45) is 0 Å². The predicted octanol–water partition coefficient (Wildman–Crippen LogP) is 4.43. The number of hydrogen-bond acceptors (Lipinski definition) is 5. The van der Waals surface area contributed by atoms with Crippen LogP contribution < -0.4 is 10.6 Å². The van der Waals surface area contributed by atoms with Gasteiger partial charge in [-0.1, -0.05) is 6.07 Å². The number of hydrogen-bond donors (Lipinski definition) is 1. The Morgan fingerprint density at radius 2 is 1.70 bits per heavy atom. The van der Waals surface area contributed by atoms with E-state index in [0.29, 0.717) is 23.1 Å². The molecule has 0 aliphatic carbocycles. The molecule has 27 heavy (non-hydrogen) atoms. The minimum absolute atomic E-state index is 0.286. The van der Waals surface area contributed by atoms with Crippen molar-refractivity contribution in [2.75, 3.05) is 10.6 Å². The Bertz CT molecular complexity index is 901. The molecular weight excluding hydrogens is 355 g/mol. The van der Waals surface area contributed by atoms with Crippen LogP contribution in [0.2, 0.25) is 0 Å². The van der Waals surface area contributed by atoms with E-state index in [0.717, 1.165) is 23.4 Å². The number of anilines is 3. The third-order valence-electron chi connectivity index (χ3n) is 4.21. The Balaban J connectivity index is 2.05. The van der Waals surface area contributed by atoms with E-state index in [4.69, 9.17) is 5.73 Å². The van der Waals surface area contributed by atoms with Gasteiger partial charge >= 0.3 is 6.18 Å². The van der Waals surface area contributed by atoms with E-state index in [1.807, 2.05) is 26.0 Å². The van der Waals surface area contributed by atoms with Gasteiger partial charge in [-0.25, -0.2) is 4.98 Å². The van der Waals surface area contributed by atoms with Gasteiger partial charge < -0.3 is 10.6 Å². The van der Waals surface area contributed by atoms with Crippen LogP contribution in [0.1, 0.15) is 22.5 Å². The number of aryl methyl sites for hydroxylation is 1. The van der Waals surface area contributed by atoms with Crippen molar-refractivity contribution in [1.29, 1.82) is 0 Å². The molecule has 2 N–H and O–H groups in total. The van der Waals surface area contributed by atoms with Crippen LogP contribution in [-0.2, 0) is 12.7 Å². The first-order chi connectivity index (χ1) is 12.8. The maximum atomic E-state index is 12.9. The Morgan fingerprint density at radius 1 is 1.00 bits per heavy atom. The monoisotopic (exact) mass is 373 g/mol. The molecule has 140 valence electrons. The lowest BCUT2D eigenvalue weighted by atomic mass is 10.2. The second-order valence-corrected chi connectivity index (χ2v) is 6.07. The summed E-state index contributed by atoms with van der Waals surface area (Å²) in [5.41, 5.74) is 7.95. The van der Waals surface area contributed by atoms with Gasteiger partial charge in [0.05, 0.1) is 17.8 Å². The second-order valence-electron chi connectivity index (χ2n) is 6.07. The molecule has 5 nitrogen and oxygen atoms in total. The molecule has 2 aromatic heterocycles. The molecular formula is C19H18F3N5. The van der Waals surface area contributed by atoms with Gasteiger partial charge in [0.25, 0.3) is 0 Å². The van der Waals surface area contributed by atoms with Gasteiger partial charge in [0, 0.05) is 23.1 Å². The summed E-state index contributed by atoms with van der Waals surface area (Å²) in [5, 5.41) is 0. The maximum absolute atomic E-state index is 12.9. The molecule has 0 saturated heterocycles. The summed E-state index contributed by atoms with van der Waals surface area (Å²) in [5.74, 6) is 0.636. The van der Waals surface area contributed by atoms with Crippen LogP contribution in [0.25, 0.3) is 0 Å². The number of rotatable bonds is 4. The molecule has 0 saturated carbocycles. The van der Waals surface area contributed by atoms with Gasteiger partial charge in [0.2, 0.25) is 5.95 Å². The normalized spacial score (nSPS) is 11.4. The van der Waals surface area contributed by atoms with E-state index in [1.165, 1.54) is 12.1 Å². The van der Waals surface area contributed by atoms with Crippen LogP contribution in [-0.4, -0.2) is 15.0 Å². The molecule has 0 bridgehead atoms. The Morgan fingerprint density at radius 3 is 2.26 bits per heavy atom. The zero-order chi connectivity index (χ0) is 19.6. The fourth-order valence-corrected chi connectivity index (χ4v) is 2.52. The van der Waals surface area contributed by atoms with E-state index in [1.54, 1.807) is 17.2 Å². The van der Waals surface area contributed by atoms with E-state index in [-0.39, 0.29) is 6.54 Å². The van der Waals surface area contributed by atoms with E-state index >= 15 is 0 Å². The number of benzene rings is 1. The maximum Gasteiger partial charge on any atom is 0.416 e. The number of halogens is 3. The first kappa shape index (κ1) is 18.6. The molecule has 0 radical (unpaired) electrons. The van der Waals surface area contributed by atoms with Gasteiger partial charge in [-0.05, 0) is 50.2 Å². The first-order valence-electron chi connectivity index (χ1n) is 8.21. The van der Waals surface area contributed by atoms with Crippen LogP contribution in [0, 0.1) is 13.8 Å². The van der Waals surface area contributed by atoms with Gasteiger partial charge in [-0.3, -0.25) is 4.98 Å². The highest BCUT2D eigenvalue weighted by molar-refractivity contribution is 5.60. The number of alkyl halides is 3. The highest BCUT2D eigenvalue weighted by Gasteiger charge is 2.30. The number of pyridine rings is 1. The van der Waals surface area contributed by atoms with Crippen molar-refractivity contribution in [1.82, 2.24) is 15.0 Å². The van der Waals surface area contributed by atoms with Crippen molar-refractivity contribution < 1.29 is 13.2 Å². The number of aromatic nitrogens is 3. The molecule has 0 atom stereocenters. The molecule has 0 unspecified atom stereocenters. The van der Waals surface area contributed by atoms with Gasteiger partial charge in [0.1, 0.15) is 5.82 Å². The summed E-state index contributed by atoms with van der Waals surface area (Å²) in [4.78, 5) is 14.7. The lowest BCUT2D eigenvalue weighted by Gasteiger charge is -2.24. The average Bonchev–Trinajstić information content (AvgIpc) is 2.64. The van der Waals surface area contributed by atoms with Gasteiger partial charge in [0.15, 0.2) is 0 Å². The molecule has 1 aromatic carbocycles. The molecule has 8 heteroatoms. The van der Waals surface area contributed by atoms with Crippen molar-refractivity contribution in [3.8, 4) is 0 Å². The highest BCUT2D eigenvalue weighted by atomic mass is 19.4. The van der Waals surface area contributed by atoms with Crippen LogP contribution in [0.15, 0.2) is 48.7 Å². The highest BCUT2D eigenvalue weighted by Crippen LogP contribution is 2.32. The minimum atomic E-state index is -4.40. The van der Waals surface area contributed by atoms with Crippen molar-refractivity contribution in [2.45, 2.75) is 26.6 Å². The molecule has 0 spiro atoms. The van der Waals surface area contributed by atoms with Crippen molar-refractivity contribution in [3.05, 3.63) is 71.2 Å². The Hall–Kier alpha value is -3.16. The quantitative estimate of drug-likeness (QED) is 0.733. The summed E-state index contributed by atoms with van der Waals surface area (Å²) >= 11 is 0. The second kappa shape index (κ2) is 7.22. The van der Waals surface area contributed by atoms with E-state index in [2.05, 4.69) is 15.0 Å².